The summed E-state index contributed by atoms with van der Waals surface area (Å²) in [6.07, 6.45) is 1.50. The van der Waals surface area contributed by atoms with Gasteiger partial charge in [-0.25, -0.2) is 4.79 Å². The number of benzene rings is 2. The van der Waals surface area contributed by atoms with Gasteiger partial charge in [0.25, 0.3) is 5.91 Å². The number of nitrogens with one attached hydrogen (secondary N) is 2. The lowest BCUT2D eigenvalue weighted by Crippen LogP contribution is -2.17. The second-order valence-electron chi connectivity index (χ2n) is 6.98. The van der Waals surface area contributed by atoms with Crippen LogP contribution in [0.15, 0.2) is 48.7 Å². The molecule has 2 N–H and O–H groups in total. The molecule has 6 nitrogen and oxygen atoms in total. The molecule has 3 rings (SSSR count). The highest BCUT2D eigenvalue weighted by Crippen LogP contribution is 2.31. The van der Waals surface area contributed by atoms with Crippen molar-refractivity contribution < 1.29 is 14.3 Å². The zero-order valence-corrected chi connectivity index (χ0v) is 17.1. The molecule has 150 valence electrons. The zero-order chi connectivity index (χ0) is 21.0. The standard InChI is InChI=1S/C23H25N3O3/c1-5-29-23(28)19-13-25-20-11-8-16(22(27)24-4)12-18(20)21(19)26-17-9-6-15(7-10-17)14(2)3/h6-14H,5H2,1-4H3,(H,24,27)(H,25,26). The fraction of sp³-hybridized carbons (Fsp3) is 0.261. The minimum atomic E-state index is -0.464. The Morgan fingerprint density at radius 2 is 1.83 bits per heavy atom. The molecule has 0 aliphatic rings. The minimum absolute atomic E-state index is 0.208. The summed E-state index contributed by atoms with van der Waals surface area (Å²) in [5.74, 6) is -0.245. The molecule has 0 saturated heterocycles. The molecule has 1 aromatic heterocycles. The predicted molar refractivity (Wildman–Crippen MR) is 115 cm³/mol. The Bertz CT molecular complexity index is 1040. The molecule has 0 radical (unpaired) electrons. The van der Waals surface area contributed by atoms with E-state index in [1.807, 2.05) is 12.1 Å². The summed E-state index contributed by atoms with van der Waals surface area (Å²) in [5.41, 5.74) is 4.10. The number of anilines is 2. The van der Waals surface area contributed by atoms with Crippen molar-refractivity contribution in [2.75, 3.05) is 19.0 Å². The predicted octanol–water partition coefficient (Wildman–Crippen LogP) is 4.64. The SMILES string of the molecule is CCOC(=O)c1cnc2ccc(C(=O)NC)cc2c1Nc1ccc(C(C)C)cc1. The molecule has 6 heteroatoms. The van der Waals surface area contributed by atoms with E-state index in [4.69, 9.17) is 4.74 Å². The van der Waals surface area contributed by atoms with Crippen LogP contribution in [0.1, 0.15) is 53.0 Å². The van der Waals surface area contributed by atoms with Crippen LogP contribution in [0.2, 0.25) is 0 Å². The van der Waals surface area contributed by atoms with E-state index in [-0.39, 0.29) is 12.5 Å². The van der Waals surface area contributed by atoms with Gasteiger partial charge in [0, 0.05) is 29.9 Å². The molecule has 0 bridgehead atoms. The van der Waals surface area contributed by atoms with Crippen LogP contribution in [0.4, 0.5) is 11.4 Å². The monoisotopic (exact) mass is 391 g/mol. The third-order valence-corrected chi connectivity index (χ3v) is 4.70. The maximum Gasteiger partial charge on any atom is 0.341 e. The van der Waals surface area contributed by atoms with Crippen molar-refractivity contribution in [3.63, 3.8) is 0 Å². The lowest BCUT2D eigenvalue weighted by molar-refractivity contribution is 0.0527. The van der Waals surface area contributed by atoms with E-state index in [0.717, 1.165) is 5.69 Å². The summed E-state index contributed by atoms with van der Waals surface area (Å²) in [4.78, 5) is 29.0. The highest BCUT2D eigenvalue weighted by atomic mass is 16.5. The van der Waals surface area contributed by atoms with E-state index in [9.17, 15) is 9.59 Å². The molecule has 2 aromatic carbocycles. The fourth-order valence-electron chi connectivity index (χ4n) is 3.07. The Balaban J connectivity index is 2.14. The van der Waals surface area contributed by atoms with Gasteiger partial charge >= 0.3 is 5.97 Å². The highest BCUT2D eigenvalue weighted by Gasteiger charge is 2.18. The van der Waals surface area contributed by atoms with E-state index in [0.29, 0.717) is 33.6 Å². The van der Waals surface area contributed by atoms with Crippen molar-refractivity contribution in [2.24, 2.45) is 0 Å². The number of carbonyl (C=O) groups is 2. The van der Waals surface area contributed by atoms with Gasteiger partial charge < -0.3 is 15.4 Å². The van der Waals surface area contributed by atoms with Gasteiger partial charge in [0.1, 0.15) is 5.56 Å². The number of ether oxygens (including phenoxy) is 1. The first-order valence-corrected chi connectivity index (χ1v) is 9.63. The van der Waals surface area contributed by atoms with Crippen molar-refractivity contribution in [1.82, 2.24) is 10.3 Å². The Hall–Kier alpha value is -3.41. The van der Waals surface area contributed by atoms with Gasteiger partial charge in [-0.3, -0.25) is 9.78 Å². The molecule has 29 heavy (non-hydrogen) atoms. The van der Waals surface area contributed by atoms with E-state index >= 15 is 0 Å². The van der Waals surface area contributed by atoms with Crippen LogP contribution in [0.3, 0.4) is 0 Å². The maximum atomic E-state index is 12.5. The number of amides is 1. The van der Waals surface area contributed by atoms with Gasteiger partial charge in [0.2, 0.25) is 0 Å². The molecule has 0 aliphatic heterocycles. The molecule has 0 atom stereocenters. The second kappa shape index (κ2) is 8.73. The van der Waals surface area contributed by atoms with Gasteiger partial charge in [0.15, 0.2) is 0 Å². The highest BCUT2D eigenvalue weighted by molar-refractivity contribution is 6.08. The molecule has 0 unspecified atom stereocenters. The molecule has 0 aliphatic carbocycles. The largest absolute Gasteiger partial charge is 0.462 e. The third kappa shape index (κ3) is 4.37. The molecule has 0 fully saturated rings. The van der Waals surface area contributed by atoms with Crippen molar-refractivity contribution >= 4 is 34.2 Å². The number of carbonyl (C=O) groups excluding carboxylic acids is 2. The average molecular weight is 391 g/mol. The number of aromatic nitrogens is 1. The van der Waals surface area contributed by atoms with Crippen molar-refractivity contribution in [3.8, 4) is 0 Å². The van der Waals surface area contributed by atoms with Crippen molar-refractivity contribution in [2.45, 2.75) is 26.7 Å². The lowest BCUT2D eigenvalue weighted by atomic mass is 10.0. The molecule has 0 spiro atoms. The minimum Gasteiger partial charge on any atom is -0.462 e. The summed E-state index contributed by atoms with van der Waals surface area (Å²) in [6, 6.07) is 13.3. The van der Waals surface area contributed by atoms with Crippen LogP contribution in [-0.2, 0) is 4.74 Å². The summed E-state index contributed by atoms with van der Waals surface area (Å²) in [5, 5.41) is 6.62. The van der Waals surface area contributed by atoms with Crippen LogP contribution in [0.25, 0.3) is 10.9 Å². The fourth-order valence-corrected chi connectivity index (χ4v) is 3.07. The Labute approximate surface area is 170 Å². The topological polar surface area (TPSA) is 80.3 Å². The number of nitrogens with zero attached hydrogens (tertiary/aromatic N) is 1. The van der Waals surface area contributed by atoms with Crippen molar-refractivity contribution in [1.29, 1.82) is 0 Å². The summed E-state index contributed by atoms with van der Waals surface area (Å²) < 4.78 is 5.21. The van der Waals surface area contributed by atoms with Crippen molar-refractivity contribution in [3.05, 3.63) is 65.4 Å². The molecule has 0 saturated carbocycles. The van der Waals surface area contributed by atoms with Gasteiger partial charge in [-0.1, -0.05) is 26.0 Å². The Morgan fingerprint density at radius 1 is 1.10 bits per heavy atom. The first kappa shape index (κ1) is 20.3. The van der Waals surface area contributed by atoms with Gasteiger partial charge in [-0.15, -0.1) is 0 Å². The normalized spacial score (nSPS) is 10.8. The third-order valence-electron chi connectivity index (χ3n) is 4.70. The first-order valence-electron chi connectivity index (χ1n) is 9.63. The first-order chi connectivity index (χ1) is 13.9. The number of fused-ring (bicyclic) bond motifs is 1. The smallest absolute Gasteiger partial charge is 0.341 e. The van der Waals surface area contributed by atoms with Gasteiger partial charge in [-0.05, 0) is 48.7 Å². The Kier molecular flexibility index (Phi) is 6.12. The van der Waals surface area contributed by atoms with Gasteiger partial charge in [0.05, 0.1) is 17.8 Å². The van der Waals surface area contributed by atoms with Crippen LogP contribution >= 0.6 is 0 Å². The number of hydrogen-bond acceptors (Lipinski definition) is 5. The molecule has 3 aromatic rings. The van der Waals surface area contributed by atoms with E-state index in [2.05, 4.69) is 41.6 Å². The van der Waals surface area contributed by atoms with Crippen LogP contribution in [0, 0.1) is 0 Å². The summed E-state index contributed by atoms with van der Waals surface area (Å²) in [7, 11) is 1.58. The number of pyridine rings is 1. The molecule has 1 amide bonds. The van der Waals surface area contributed by atoms with Crippen LogP contribution < -0.4 is 10.6 Å². The lowest BCUT2D eigenvalue weighted by Gasteiger charge is -2.15. The zero-order valence-electron chi connectivity index (χ0n) is 17.1. The molecule has 1 heterocycles. The van der Waals surface area contributed by atoms with Crippen LogP contribution in [0.5, 0.6) is 0 Å². The molecular formula is C23H25N3O3. The van der Waals surface area contributed by atoms with E-state index < -0.39 is 5.97 Å². The number of hydrogen-bond donors (Lipinski definition) is 2. The quantitative estimate of drug-likeness (QED) is 0.599. The van der Waals surface area contributed by atoms with E-state index in [1.54, 1.807) is 32.2 Å². The number of esters is 1. The average Bonchev–Trinajstić information content (AvgIpc) is 2.73. The van der Waals surface area contributed by atoms with Gasteiger partial charge in [-0.2, -0.15) is 0 Å². The second-order valence-corrected chi connectivity index (χ2v) is 6.98. The summed E-state index contributed by atoms with van der Waals surface area (Å²) in [6.45, 7) is 6.29. The summed E-state index contributed by atoms with van der Waals surface area (Å²) >= 11 is 0. The Morgan fingerprint density at radius 3 is 2.45 bits per heavy atom. The van der Waals surface area contributed by atoms with Crippen LogP contribution in [-0.4, -0.2) is 30.5 Å². The van der Waals surface area contributed by atoms with E-state index in [1.165, 1.54) is 11.8 Å². The number of rotatable bonds is 6. The molecular weight excluding hydrogens is 366 g/mol. The maximum absolute atomic E-state index is 12.5.